The minimum absolute atomic E-state index is 0.236. The fourth-order valence-corrected chi connectivity index (χ4v) is 2.71. The number of aliphatic hydroxyl groups excluding tert-OH is 1. The zero-order chi connectivity index (χ0) is 16.1. The molecule has 0 radical (unpaired) electrons. The molecule has 9 heteroatoms. The number of Topliss-reactive ketones (excluding diaryl/α,β-unsaturated/α-hetero) is 1. The highest BCUT2D eigenvalue weighted by molar-refractivity contribution is 7.71. The number of amides is 1. The SMILES string of the molecule is CC1(C)C(O)C(=O)C(=O)N1c1cccc(-n2[nH]nnc2=S)c1. The van der Waals surface area contributed by atoms with Gasteiger partial charge in [-0.25, -0.2) is 4.68 Å². The molecule has 2 aromatic rings. The van der Waals surface area contributed by atoms with Gasteiger partial charge >= 0.3 is 0 Å². The topological polar surface area (TPSA) is 104 Å². The fourth-order valence-electron chi connectivity index (χ4n) is 2.52. The van der Waals surface area contributed by atoms with Gasteiger partial charge in [-0.15, -0.1) is 0 Å². The van der Waals surface area contributed by atoms with E-state index in [1.807, 2.05) is 0 Å². The summed E-state index contributed by atoms with van der Waals surface area (Å²) in [5, 5.41) is 19.9. The number of hydrogen-bond acceptors (Lipinski definition) is 6. The van der Waals surface area contributed by atoms with Crippen molar-refractivity contribution in [2.75, 3.05) is 4.90 Å². The molecule has 0 spiro atoms. The maximum Gasteiger partial charge on any atom is 0.297 e. The van der Waals surface area contributed by atoms with E-state index in [0.29, 0.717) is 11.4 Å². The quantitative estimate of drug-likeness (QED) is 0.612. The normalized spacial score (nSPS) is 20.7. The third-order valence-corrected chi connectivity index (χ3v) is 3.99. The average Bonchev–Trinajstić information content (AvgIpc) is 2.97. The van der Waals surface area contributed by atoms with E-state index in [0.717, 1.165) is 0 Å². The number of ketones is 1. The van der Waals surface area contributed by atoms with Crippen molar-refractivity contribution in [3.63, 3.8) is 0 Å². The van der Waals surface area contributed by atoms with Crippen LogP contribution in [0.15, 0.2) is 24.3 Å². The van der Waals surface area contributed by atoms with Gasteiger partial charge in [-0.1, -0.05) is 16.4 Å². The first kappa shape index (κ1) is 14.5. The molecule has 1 amide bonds. The lowest BCUT2D eigenvalue weighted by atomic mass is 9.97. The molecule has 3 rings (SSSR count). The molecule has 1 aliphatic heterocycles. The van der Waals surface area contributed by atoms with Crippen molar-refractivity contribution in [1.29, 1.82) is 0 Å². The largest absolute Gasteiger partial charge is 0.382 e. The van der Waals surface area contributed by atoms with E-state index in [4.69, 9.17) is 12.2 Å². The smallest absolute Gasteiger partial charge is 0.297 e. The first-order valence-electron chi connectivity index (χ1n) is 6.51. The van der Waals surface area contributed by atoms with Crippen LogP contribution in [0.1, 0.15) is 13.8 Å². The summed E-state index contributed by atoms with van der Waals surface area (Å²) in [5.74, 6) is -1.55. The van der Waals surface area contributed by atoms with E-state index in [9.17, 15) is 14.7 Å². The lowest BCUT2D eigenvalue weighted by Crippen LogP contribution is -2.46. The van der Waals surface area contributed by atoms with E-state index in [1.54, 1.807) is 38.1 Å². The van der Waals surface area contributed by atoms with Crippen molar-refractivity contribution in [3.05, 3.63) is 29.0 Å². The van der Waals surface area contributed by atoms with Gasteiger partial charge in [0.15, 0.2) is 0 Å². The Morgan fingerprint density at radius 2 is 2.00 bits per heavy atom. The van der Waals surface area contributed by atoms with Crippen molar-refractivity contribution >= 4 is 29.6 Å². The highest BCUT2D eigenvalue weighted by Gasteiger charge is 2.53. The van der Waals surface area contributed by atoms with Crippen LogP contribution in [0, 0.1) is 4.77 Å². The van der Waals surface area contributed by atoms with Gasteiger partial charge in [0.2, 0.25) is 4.77 Å². The summed E-state index contributed by atoms with van der Waals surface area (Å²) in [4.78, 5) is 25.2. The summed E-state index contributed by atoms with van der Waals surface area (Å²) in [7, 11) is 0. The van der Waals surface area contributed by atoms with Crippen molar-refractivity contribution < 1.29 is 14.7 Å². The second-order valence-corrected chi connectivity index (χ2v) is 5.86. The van der Waals surface area contributed by atoms with Crippen molar-refractivity contribution in [1.82, 2.24) is 20.2 Å². The highest BCUT2D eigenvalue weighted by atomic mass is 32.1. The Hall–Kier alpha value is -2.39. The van der Waals surface area contributed by atoms with Crippen LogP contribution in [-0.4, -0.2) is 48.6 Å². The van der Waals surface area contributed by atoms with Crippen LogP contribution in [0.4, 0.5) is 5.69 Å². The number of nitrogens with zero attached hydrogens (tertiary/aromatic N) is 4. The van der Waals surface area contributed by atoms with E-state index in [-0.39, 0.29) is 4.77 Å². The summed E-state index contributed by atoms with van der Waals surface area (Å²) >= 11 is 5.03. The van der Waals surface area contributed by atoms with Gasteiger partial charge in [-0.3, -0.25) is 14.5 Å². The lowest BCUT2D eigenvalue weighted by molar-refractivity contribution is -0.137. The number of H-pyrrole nitrogens is 1. The molecule has 114 valence electrons. The van der Waals surface area contributed by atoms with Gasteiger partial charge < -0.3 is 5.11 Å². The number of benzene rings is 1. The van der Waals surface area contributed by atoms with Crippen LogP contribution < -0.4 is 4.90 Å². The third kappa shape index (κ3) is 1.97. The molecular formula is C13H13N5O3S. The van der Waals surface area contributed by atoms with Crippen LogP contribution in [-0.2, 0) is 9.59 Å². The van der Waals surface area contributed by atoms with E-state index >= 15 is 0 Å². The summed E-state index contributed by atoms with van der Waals surface area (Å²) in [5.41, 5.74) is 0.0689. The third-order valence-electron chi connectivity index (χ3n) is 3.73. The molecule has 1 aromatic carbocycles. The van der Waals surface area contributed by atoms with E-state index in [2.05, 4.69) is 15.5 Å². The molecule has 1 aromatic heterocycles. The Labute approximate surface area is 130 Å². The molecule has 22 heavy (non-hydrogen) atoms. The summed E-state index contributed by atoms with van der Waals surface area (Å²) < 4.78 is 1.70. The number of carbonyl (C=O) groups is 2. The number of rotatable bonds is 2. The van der Waals surface area contributed by atoms with Crippen molar-refractivity contribution in [3.8, 4) is 5.69 Å². The van der Waals surface area contributed by atoms with Crippen LogP contribution in [0.3, 0.4) is 0 Å². The molecule has 0 saturated carbocycles. The predicted octanol–water partition coefficient (Wildman–Crippen LogP) is 0.380. The molecule has 0 bridgehead atoms. The maximum atomic E-state index is 12.2. The standard InChI is InChI=1S/C13H13N5O3S/c1-13(2)10(20)9(19)11(21)17(13)7-4-3-5-8(6-7)18-12(22)14-15-16-18/h3-6,10,20H,1-2H3,(H,14,16,22). The minimum atomic E-state index is -1.36. The van der Waals surface area contributed by atoms with Gasteiger partial charge in [-0.2, -0.15) is 5.21 Å². The molecule has 1 atom stereocenters. The number of nitrogens with one attached hydrogen (secondary N) is 1. The van der Waals surface area contributed by atoms with Gasteiger partial charge in [0.25, 0.3) is 11.7 Å². The van der Waals surface area contributed by atoms with Crippen LogP contribution in [0.25, 0.3) is 5.69 Å². The number of tetrazole rings is 1. The van der Waals surface area contributed by atoms with Crippen molar-refractivity contribution in [2.45, 2.75) is 25.5 Å². The molecule has 1 fully saturated rings. The number of aromatic nitrogens is 4. The number of aliphatic hydroxyl groups is 1. The average molecular weight is 319 g/mol. The van der Waals surface area contributed by atoms with Crippen LogP contribution in [0.2, 0.25) is 0 Å². The number of carbonyl (C=O) groups excluding carboxylic acids is 2. The van der Waals surface area contributed by atoms with Gasteiger partial charge in [-0.05, 0) is 44.3 Å². The van der Waals surface area contributed by atoms with Gasteiger partial charge in [0.1, 0.15) is 6.10 Å². The zero-order valence-corrected chi connectivity index (χ0v) is 12.7. The maximum absolute atomic E-state index is 12.2. The fraction of sp³-hybridized carbons (Fsp3) is 0.308. The summed E-state index contributed by atoms with van der Waals surface area (Å²) in [6, 6.07) is 6.82. The zero-order valence-electron chi connectivity index (χ0n) is 11.8. The van der Waals surface area contributed by atoms with Crippen molar-refractivity contribution in [2.24, 2.45) is 0 Å². The van der Waals surface area contributed by atoms with Crippen LogP contribution >= 0.6 is 12.2 Å². The Bertz CT molecular complexity index is 825. The second kappa shape index (κ2) is 4.82. The molecule has 1 aliphatic rings. The molecule has 1 saturated heterocycles. The Morgan fingerprint density at radius 3 is 2.55 bits per heavy atom. The highest BCUT2D eigenvalue weighted by Crippen LogP contribution is 2.34. The summed E-state index contributed by atoms with van der Waals surface area (Å²) in [6.45, 7) is 3.27. The minimum Gasteiger partial charge on any atom is -0.382 e. The predicted molar refractivity (Wildman–Crippen MR) is 79.1 cm³/mol. The molecule has 2 N–H and O–H groups in total. The summed E-state index contributed by atoms with van der Waals surface area (Å²) in [6.07, 6.45) is -1.36. The number of aromatic amines is 1. The lowest BCUT2D eigenvalue weighted by Gasteiger charge is -2.32. The second-order valence-electron chi connectivity index (χ2n) is 5.50. The number of anilines is 1. The molecule has 1 unspecified atom stereocenters. The number of hydrogen-bond donors (Lipinski definition) is 2. The van der Waals surface area contributed by atoms with E-state index < -0.39 is 23.3 Å². The molecule has 0 aliphatic carbocycles. The Kier molecular flexibility index (Phi) is 3.18. The first-order chi connectivity index (χ1) is 10.3. The van der Waals surface area contributed by atoms with Gasteiger partial charge in [0.05, 0.1) is 11.2 Å². The molecule has 2 heterocycles. The molecular weight excluding hydrogens is 306 g/mol. The Balaban J connectivity index is 2.10. The van der Waals surface area contributed by atoms with E-state index in [1.165, 1.54) is 9.58 Å². The Morgan fingerprint density at radius 1 is 1.32 bits per heavy atom. The monoisotopic (exact) mass is 319 g/mol. The molecule has 8 nitrogen and oxygen atoms in total. The van der Waals surface area contributed by atoms with Crippen LogP contribution in [0.5, 0.6) is 0 Å². The first-order valence-corrected chi connectivity index (χ1v) is 6.92. The van der Waals surface area contributed by atoms with Gasteiger partial charge in [0, 0.05) is 5.69 Å².